The molecule has 0 spiro atoms. The lowest BCUT2D eigenvalue weighted by atomic mass is 10.2. The highest BCUT2D eigenvalue weighted by molar-refractivity contribution is 5.29. The standard InChI is InChI=1S/C16H12F6O4/c17-15(18,19)25-12-6-4-11(5-7-12)14(23)24-9-10-2-1-3-13(8-10)26-16(20,21)22/h1-8,14,23H,9H2. The summed E-state index contributed by atoms with van der Waals surface area (Å²) in [6.07, 6.45) is -11.2. The third-order valence-electron chi connectivity index (χ3n) is 2.94. The van der Waals surface area contributed by atoms with E-state index in [1.54, 1.807) is 0 Å². The Hall–Kier alpha value is -2.46. The van der Waals surface area contributed by atoms with Crippen LogP contribution in [-0.4, -0.2) is 17.8 Å². The van der Waals surface area contributed by atoms with Crippen LogP contribution in [-0.2, 0) is 11.3 Å². The molecule has 0 saturated carbocycles. The van der Waals surface area contributed by atoms with Gasteiger partial charge in [-0.1, -0.05) is 24.3 Å². The molecule has 26 heavy (non-hydrogen) atoms. The first-order valence-electron chi connectivity index (χ1n) is 7.02. The Morgan fingerprint density at radius 1 is 0.808 bits per heavy atom. The van der Waals surface area contributed by atoms with Crippen LogP contribution in [0.5, 0.6) is 11.5 Å². The van der Waals surface area contributed by atoms with Crippen molar-refractivity contribution in [2.24, 2.45) is 0 Å². The fourth-order valence-electron chi connectivity index (χ4n) is 1.94. The van der Waals surface area contributed by atoms with E-state index < -0.39 is 30.5 Å². The molecule has 2 rings (SSSR count). The summed E-state index contributed by atoms with van der Waals surface area (Å²) in [7, 11) is 0. The number of alkyl halides is 6. The lowest BCUT2D eigenvalue weighted by Crippen LogP contribution is -2.17. The van der Waals surface area contributed by atoms with E-state index in [1.807, 2.05) is 0 Å². The van der Waals surface area contributed by atoms with Crippen LogP contribution in [0.25, 0.3) is 0 Å². The predicted octanol–water partition coefficient (Wildman–Crippen LogP) is 4.69. The number of hydrogen-bond acceptors (Lipinski definition) is 4. The van der Waals surface area contributed by atoms with Gasteiger partial charge in [-0.2, -0.15) is 0 Å². The summed E-state index contributed by atoms with van der Waals surface area (Å²) in [5, 5.41) is 9.86. The van der Waals surface area contributed by atoms with Gasteiger partial charge in [0.05, 0.1) is 6.61 Å². The van der Waals surface area contributed by atoms with Gasteiger partial charge in [0.15, 0.2) is 6.29 Å². The average Bonchev–Trinajstić information content (AvgIpc) is 2.50. The van der Waals surface area contributed by atoms with E-state index in [1.165, 1.54) is 12.1 Å². The summed E-state index contributed by atoms with van der Waals surface area (Å²) in [6, 6.07) is 9.27. The van der Waals surface area contributed by atoms with Gasteiger partial charge in [-0.25, -0.2) is 0 Å². The van der Waals surface area contributed by atoms with Crippen molar-refractivity contribution < 1.29 is 45.7 Å². The zero-order chi connectivity index (χ0) is 19.4. The second-order valence-electron chi connectivity index (χ2n) is 4.98. The molecule has 10 heteroatoms. The molecule has 0 heterocycles. The first-order chi connectivity index (χ1) is 12.0. The Bertz CT molecular complexity index is 712. The number of hydrogen-bond donors (Lipinski definition) is 1. The third-order valence-corrected chi connectivity index (χ3v) is 2.94. The highest BCUT2D eigenvalue weighted by atomic mass is 19.4. The van der Waals surface area contributed by atoms with Gasteiger partial charge < -0.3 is 19.3 Å². The van der Waals surface area contributed by atoms with E-state index in [2.05, 4.69) is 9.47 Å². The first kappa shape index (κ1) is 19.9. The van der Waals surface area contributed by atoms with Gasteiger partial charge in [0, 0.05) is 5.56 Å². The van der Waals surface area contributed by atoms with Crippen molar-refractivity contribution in [2.75, 3.05) is 0 Å². The molecular formula is C16H12F6O4. The van der Waals surface area contributed by atoms with E-state index in [9.17, 15) is 31.4 Å². The highest BCUT2D eigenvalue weighted by Gasteiger charge is 2.31. The van der Waals surface area contributed by atoms with Crippen molar-refractivity contribution in [3.8, 4) is 11.5 Å². The Morgan fingerprint density at radius 2 is 1.38 bits per heavy atom. The monoisotopic (exact) mass is 382 g/mol. The van der Waals surface area contributed by atoms with Crippen LogP contribution in [0.2, 0.25) is 0 Å². The Morgan fingerprint density at radius 3 is 1.96 bits per heavy atom. The normalized spacial score (nSPS) is 13.3. The number of aliphatic hydroxyl groups is 1. The summed E-state index contributed by atoms with van der Waals surface area (Å²) in [4.78, 5) is 0. The van der Waals surface area contributed by atoms with Crippen molar-refractivity contribution in [1.82, 2.24) is 0 Å². The van der Waals surface area contributed by atoms with Crippen molar-refractivity contribution in [3.63, 3.8) is 0 Å². The minimum Gasteiger partial charge on any atom is -0.406 e. The molecular weight excluding hydrogens is 370 g/mol. The maximum Gasteiger partial charge on any atom is 0.573 e. The minimum atomic E-state index is -4.83. The molecule has 1 N–H and O–H groups in total. The maximum absolute atomic E-state index is 12.2. The molecule has 0 amide bonds. The van der Waals surface area contributed by atoms with E-state index in [4.69, 9.17) is 4.74 Å². The summed E-state index contributed by atoms with van der Waals surface area (Å²) in [5.74, 6) is -0.910. The second-order valence-corrected chi connectivity index (χ2v) is 4.98. The van der Waals surface area contributed by atoms with Gasteiger partial charge in [0.2, 0.25) is 0 Å². The largest absolute Gasteiger partial charge is 0.573 e. The lowest BCUT2D eigenvalue weighted by Gasteiger charge is -2.14. The van der Waals surface area contributed by atoms with Crippen LogP contribution in [0.4, 0.5) is 26.3 Å². The Balaban J connectivity index is 1.94. The highest BCUT2D eigenvalue weighted by Crippen LogP contribution is 2.26. The molecule has 0 bridgehead atoms. The molecule has 142 valence electrons. The van der Waals surface area contributed by atoms with Crippen LogP contribution < -0.4 is 9.47 Å². The van der Waals surface area contributed by atoms with Crippen molar-refractivity contribution in [2.45, 2.75) is 25.6 Å². The topological polar surface area (TPSA) is 47.9 Å². The molecule has 1 unspecified atom stereocenters. The van der Waals surface area contributed by atoms with Gasteiger partial charge >= 0.3 is 12.7 Å². The van der Waals surface area contributed by atoms with Gasteiger partial charge in [-0.15, -0.1) is 26.3 Å². The molecule has 0 fully saturated rings. The maximum atomic E-state index is 12.2. The van der Waals surface area contributed by atoms with Crippen LogP contribution in [0.15, 0.2) is 48.5 Å². The summed E-state index contributed by atoms with van der Waals surface area (Å²) >= 11 is 0. The van der Waals surface area contributed by atoms with Gasteiger partial charge in [-0.05, 0) is 29.8 Å². The van der Waals surface area contributed by atoms with Crippen molar-refractivity contribution in [1.29, 1.82) is 0 Å². The van der Waals surface area contributed by atoms with Gasteiger partial charge in [0.1, 0.15) is 11.5 Å². The summed E-state index contributed by atoms with van der Waals surface area (Å²) < 4.78 is 85.3. The molecule has 0 aliphatic heterocycles. The van der Waals surface area contributed by atoms with Crippen molar-refractivity contribution >= 4 is 0 Å². The fourth-order valence-corrected chi connectivity index (χ4v) is 1.94. The molecule has 0 aliphatic rings. The first-order valence-corrected chi connectivity index (χ1v) is 7.02. The molecule has 4 nitrogen and oxygen atoms in total. The zero-order valence-corrected chi connectivity index (χ0v) is 12.8. The van der Waals surface area contributed by atoms with E-state index in [0.29, 0.717) is 5.56 Å². The Kier molecular flexibility index (Phi) is 5.98. The third kappa shape index (κ3) is 6.81. The summed E-state index contributed by atoms with van der Waals surface area (Å²) in [5.41, 5.74) is 0.435. The number of benzene rings is 2. The molecule has 2 aromatic rings. The van der Waals surface area contributed by atoms with Crippen LogP contribution >= 0.6 is 0 Å². The zero-order valence-electron chi connectivity index (χ0n) is 12.8. The van der Waals surface area contributed by atoms with Crippen LogP contribution in [0.1, 0.15) is 17.4 Å². The van der Waals surface area contributed by atoms with E-state index in [-0.39, 0.29) is 12.2 Å². The van der Waals surface area contributed by atoms with Crippen molar-refractivity contribution in [3.05, 3.63) is 59.7 Å². The molecule has 0 radical (unpaired) electrons. The van der Waals surface area contributed by atoms with E-state index >= 15 is 0 Å². The molecule has 0 aromatic heterocycles. The molecule has 2 aromatic carbocycles. The van der Waals surface area contributed by atoms with Crippen LogP contribution in [0, 0.1) is 0 Å². The SMILES string of the molecule is OC(OCc1cccc(OC(F)(F)F)c1)c1ccc(OC(F)(F)F)cc1. The van der Waals surface area contributed by atoms with Gasteiger partial charge in [-0.3, -0.25) is 0 Å². The summed E-state index contributed by atoms with van der Waals surface area (Å²) in [6.45, 7) is -0.253. The molecule has 1 atom stereocenters. The van der Waals surface area contributed by atoms with Crippen LogP contribution in [0.3, 0.4) is 0 Å². The number of aliphatic hydroxyl groups excluding tert-OH is 1. The van der Waals surface area contributed by atoms with Gasteiger partial charge in [0.25, 0.3) is 0 Å². The quantitative estimate of drug-likeness (QED) is 0.582. The smallest absolute Gasteiger partial charge is 0.406 e. The number of halogens is 6. The second kappa shape index (κ2) is 7.83. The predicted molar refractivity (Wildman–Crippen MR) is 76.0 cm³/mol. The number of ether oxygens (including phenoxy) is 3. The fraction of sp³-hybridized carbons (Fsp3) is 0.250. The lowest BCUT2D eigenvalue weighted by molar-refractivity contribution is -0.275. The molecule has 0 aliphatic carbocycles. The molecule has 0 saturated heterocycles. The number of rotatable bonds is 6. The van der Waals surface area contributed by atoms with E-state index in [0.717, 1.165) is 36.4 Å². The average molecular weight is 382 g/mol. The minimum absolute atomic E-state index is 0.141. The Labute approximate surface area is 143 Å².